The summed E-state index contributed by atoms with van der Waals surface area (Å²) in [5, 5.41) is 9.36. The number of methoxy groups -OCH3 is 1. The normalized spacial score (nSPS) is 25.0. The standard InChI is InChI=1S/C25H29ClN4O2/c1-16-6-11-23(21(26)12-16)30-24(17-7-9-20(32-2)10-8-17)13-22(27-30)25(31)28-29-14-18-4-3-5-19(18)15-29/h6-12,18-19,24H,3-5,13-15H2,1-2H3,(H,28,31). The van der Waals surface area contributed by atoms with Gasteiger partial charge in [-0.05, 0) is 67.0 Å². The number of rotatable bonds is 5. The molecule has 1 saturated carbocycles. The first-order valence-electron chi connectivity index (χ1n) is 11.3. The van der Waals surface area contributed by atoms with Crippen molar-refractivity contribution in [2.24, 2.45) is 16.9 Å². The molecule has 3 unspecified atom stereocenters. The average Bonchev–Trinajstić information content (AvgIpc) is 3.49. The highest BCUT2D eigenvalue weighted by atomic mass is 35.5. The number of carbonyl (C=O) groups excluding carboxylic acids is 1. The molecule has 3 atom stereocenters. The van der Waals surface area contributed by atoms with Crippen molar-refractivity contribution in [3.8, 4) is 5.75 Å². The van der Waals surface area contributed by atoms with Gasteiger partial charge in [-0.25, -0.2) is 5.01 Å². The van der Waals surface area contributed by atoms with Gasteiger partial charge in [0.25, 0.3) is 5.91 Å². The molecule has 0 radical (unpaired) electrons. The first-order chi connectivity index (χ1) is 15.5. The van der Waals surface area contributed by atoms with Crippen LogP contribution in [0.2, 0.25) is 5.02 Å². The monoisotopic (exact) mass is 452 g/mol. The van der Waals surface area contributed by atoms with Crippen molar-refractivity contribution in [1.29, 1.82) is 0 Å². The van der Waals surface area contributed by atoms with E-state index < -0.39 is 0 Å². The van der Waals surface area contributed by atoms with Crippen LogP contribution >= 0.6 is 11.6 Å². The van der Waals surface area contributed by atoms with E-state index in [-0.39, 0.29) is 11.9 Å². The molecule has 1 aliphatic carbocycles. The van der Waals surface area contributed by atoms with Gasteiger partial charge in [0.1, 0.15) is 11.5 Å². The second kappa shape index (κ2) is 8.75. The Morgan fingerprint density at radius 1 is 1.12 bits per heavy atom. The second-order valence-corrected chi connectivity index (χ2v) is 9.54. The average molecular weight is 453 g/mol. The Bertz CT molecular complexity index is 1030. The van der Waals surface area contributed by atoms with Crippen molar-refractivity contribution < 1.29 is 9.53 Å². The summed E-state index contributed by atoms with van der Waals surface area (Å²) in [4.78, 5) is 13.2. The molecule has 5 rings (SSSR count). The van der Waals surface area contributed by atoms with E-state index in [4.69, 9.17) is 21.4 Å². The van der Waals surface area contributed by atoms with Gasteiger partial charge in [0.2, 0.25) is 0 Å². The maximum absolute atomic E-state index is 13.2. The Morgan fingerprint density at radius 3 is 2.50 bits per heavy atom. The molecule has 0 spiro atoms. The molecule has 3 aliphatic rings. The van der Waals surface area contributed by atoms with Crippen LogP contribution in [0, 0.1) is 18.8 Å². The number of halogens is 1. The zero-order valence-corrected chi connectivity index (χ0v) is 19.3. The topological polar surface area (TPSA) is 57.2 Å². The van der Waals surface area contributed by atoms with Crippen molar-refractivity contribution in [2.75, 3.05) is 25.2 Å². The number of nitrogens with zero attached hydrogens (tertiary/aromatic N) is 3. The second-order valence-electron chi connectivity index (χ2n) is 9.14. The van der Waals surface area contributed by atoms with Gasteiger partial charge < -0.3 is 4.74 Å². The van der Waals surface area contributed by atoms with E-state index in [0.717, 1.165) is 47.5 Å². The predicted octanol–water partition coefficient (Wildman–Crippen LogP) is 4.73. The van der Waals surface area contributed by atoms with E-state index in [1.807, 2.05) is 54.4 Å². The number of anilines is 1. The zero-order valence-electron chi connectivity index (χ0n) is 18.6. The smallest absolute Gasteiger partial charge is 0.281 e. The molecule has 7 heteroatoms. The van der Waals surface area contributed by atoms with Gasteiger partial charge >= 0.3 is 0 Å². The molecular formula is C25H29ClN4O2. The maximum atomic E-state index is 13.2. The maximum Gasteiger partial charge on any atom is 0.281 e. The fraction of sp³-hybridized carbons (Fsp3) is 0.440. The van der Waals surface area contributed by atoms with E-state index in [2.05, 4.69) is 10.4 Å². The molecule has 168 valence electrons. The highest BCUT2D eigenvalue weighted by Gasteiger charge is 2.38. The fourth-order valence-corrected chi connectivity index (χ4v) is 5.61. The zero-order chi connectivity index (χ0) is 22.2. The third-order valence-corrected chi connectivity index (χ3v) is 7.31. The lowest BCUT2D eigenvalue weighted by Crippen LogP contribution is -2.44. The Morgan fingerprint density at radius 2 is 1.84 bits per heavy atom. The number of carbonyl (C=O) groups is 1. The van der Waals surface area contributed by atoms with Crippen LogP contribution in [0.1, 0.15) is 42.9 Å². The summed E-state index contributed by atoms with van der Waals surface area (Å²) in [7, 11) is 1.65. The van der Waals surface area contributed by atoms with Gasteiger partial charge in [-0.15, -0.1) is 0 Å². The van der Waals surface area contributed by atoms with E-state index >= 15 is 0 Å². The van der Waals surface area contributed by atoms with Crippen LogP contribution in [0.25, 0.3) is 0 Å². The largest absolute Gasteiger partial charge is 0.497 e. The molecule has 2 aromatic carbocycles. The van der Waals surface area contributed by atoms with E-state index in [9.17, 15) is 4.79 Å². The van der Waals surface area contributed by atoms with E-state index in [0.29, 0.717) is 17.2 Å². The van der Waals surface area contributed by atoms with E-state index in [1.165, 1.54) is 19.3 Å². The molecule has 1 saturated heterocycles. The summed E-state index contributed by atoms with van der Waals surface area (Å²) >= 11 is 6.59. The summed E-state index contributed by atoms with van der Waals surface area (Å²) in [5.41, 5.74) is 6.59. The lowest BCUT2D eigenvalue weighted by atomic mass is 10.0. The summed E-state index contributed by atoms with van der Waals surface area (Å²) < 4.78 is 5.31. The van der Waals surface area contributed by atoms with Crippen LogP contribution < -0.4 is 15.2 Å². The predicted molar refractivity (Wildman–Crippen MR) is 127 cm³/mol. The molecule has 2 aromatic rings. The van der Waals surface area contributed by atoms with Gasteiger partial charge in [0.15, 0.2) is 0 Å². The van der Waals surface area contributed by atoms with Crippen molar-refractivity contribution in [3.63, 3.8) is 0 Å². The molecule has 2 aliphatic heterocycles. The Hall–Kier alpha value is -2.57. The number of hydrogen-bond donors (Lipinski definition) is 1. The quantitative estimate of drug-likeness (QED) is 0.712. The van der Waals surface area contributed by atoms with Crippen LogP contribution in [0.4, 0.5) is 5.69 Å². The molecule has 0 bridgehead atoms. The van der Waals surface area contributed by atoms with Crippen LogP contribution in [-0.4, -0.2) is 36.8 Å². The Kier molecular flexibility index (Phi) is 5.82. The lowest BCUT2D eigenvalue weighted by molar-refractivity contribution is -0.119. The summed E-state index contributed by atoms with van der Waals surface area (Å²) in [6.07, 6.45) is 4.39. The number of hydrogen-bond acceptors (Lipinski definition) is 5. The molecule has 1 N–H and O–H groups in total. The summed E-state index contributed by atoms with van der Waals surface area (Å²) in [6, 6.07) is 13.7. The van der Waals surface area contributed by atoms with Crippen LogP contribution in [0.5, 0.6) is 5.75 Å². The third-order valence-electron chi connectivity index (χ3n) is 7.01. The number of benzene rings is 2. The van der Waals surface area contributed by atoms with Crippen molar-refractivity contribution in [3.05, 3.63) is 58.6 Å². The summed E-state index contributed by atoms with van der Waals surface area (Å²) in [6.45, 7) is 3.90. The first kappa shape index (κ1) is 21.3. The molecule has 1 amide bonds. The van der Waals surface area contributed by atoms with Crippen LogP contribution in [-0.2, 0) is 4.79 Å². The minimum absolute atomic E-state index is 0.111. The summed E-state index contributed by atoms with van der Waals surface area (Å²) in [5.74, 6) is 2.12. The number of hydrazine groups is 1. The van der Waals surface area contributed by atoms with E-state index in [1.54, 1.807) is 7.11 Å². The minimum Gasteiger partial charge on any atom is -0.497 e. The van der Waals surface area contributed by atoms with Gasteiger partial charge in [-0.2, -0.15) is 5.10 Å². The van der Waals surface area contributed by atoms with Crippen molar-refractivity contribution in [2.45, 2.75) is 38.6 Å². The molecule has 6 nitrogen and oxygen atoms in total. The molecule has 32 heavy (non-hydrogen) atoms. The van der Waals surface area contributed by atoms with Crippen LogP contribution in [0.3, 0.4) is 0 Å². The number of nitrogens with one attached hydrogen (secondary N) is 1. The van der Waals surface area contributed by atoms with Gasteiger partial charge in [-0.1, -0.05) is 36.2 Å². The molecule has 2 heterocycles. The van der Waals surface area contributed by atoms with Gasteiger partial charge in [0, 0.05) is 19.5 Å². The highest BCUT2D eigenvalue weighted by molar-refractivity contribution is 6.40. The number of hydrazone groups is 1. The number of amides is 1. The molecule has 0 aromatic heterocycles. The Labute approximate surface area is 194 Å². The van der Waals surface area contributed by atoms with Crippen molar-refractivity contribution in [1.82, 2.24) is 10.4 Å². The van der Waals surface area contributed by atoms with Gasteiger partial charge in [0.05, 0.1) is 23.9 Å². The van der Waals surface area contributed by atoms with Crippen LogP contribution in [0.15, 0.2) is 47.6 Å². The number of ether oxygens (including phenoxy) is 1. The lowest BCUT2D eigenvalue weighted by Gasteiger charge is -2.25. The number of aryl methyl sites for hydroxylation is 1. The fourth-order valence-electron chi connectivity index (χ4n) is 5.29. The van der Waals surface area contributed by atoms with Crippen molar-refractivity contribution >= 4 is 28.9 Å². The third kappa shape index (κ3) is 4.09. The first-order valence-corrected chi connectivity index (χ1v) is 11.7. The van der Waals surface area contributed by atoms with Gasteiger partial charge in [-0.3, -0.25) is 15.2 Å². The Balaban J connectivity index is 1.39. The molecule has 2 fully saturated rings. The SMILES string of the molecule is COc1ccc(C2CC(C(=O)NN3CC4CCCC4C3)=NN2c2ccc(C)cc2Cl)cc1. The number of fused-ring (bicyclic) bond motifs is 1. The highest BCUT2D eigenvalue weighted by Crippen LogP contribution is 2.40. The molecular weight excluding hydrogens is 424 g/mol. The minimum atomic E-state index is -0.116.